The summed E-state index contributed by atoms with van der Waals surface area (Å²) in [7, 11) is -3.82. The highest BCUT2D eigenvalue weighted by molar-refractivity contribution is 7.92. The van der Waals surface area contributed by atoms with E-state index in [4.69, 9.17) is 0 Å². The molecule has 1 amide bonds. The third kappa shape index (κ3) is 4.73. The van der Waals surface area contributed by atoms with Crippen LogP contribution in [0.5, 0.6) is 0 Å². The third-order valence-electron chi connectivity index (χ3n) is 5.70. The van der Waals surface area contributed by atoms with Gasteiger partial charge in [0.15, 0.2) is 0 Å². The number of carbonyl (C=O) groups is 1. The van der Waals surface area contributed by atoms with Crippen LogP contribution in [0, 0.1) is 13.8 Å². The molecule has 0 atom stereocenters. The summed E-state index contributed by atoms with van der Waals surface area (Å²) in [5.74, 6) is -0.475. The van der Waals surface area contributed by atoms with Gasteiger partial charge in [0.1, 0.15) is 0 Å². The van der Waals surface area contributed by atoms with Crippen LogP contribution in [0.15, 0.2) is 75.1 Å². The van der Waals surface area contributed by atoms with Crippen molar-refractivity contribution in [1.82, 2.24) is 9.55 Å². The highest BCUT2D eigenvalue weighted by Gasteiger charge is 2.17. The molecule has 0 fully saturated rings. The quantitative estimate of drug-likeness (QED) is 0.380. The van der Waals surface area contributed by atoms with Gasteiger partial charge < -0.3 is 10.3 Å². The van der Waals surface area contributed by atoms with E-state index in [9.17, 15) is 22.8 Å². The summed E-state index contributed by atoms with van der Waals surface area (Å²) < 4.78 is 29.4. The molecule has 0 aliphatic heterocycles. The third-order valence-corrected chi connectivity index (χ3v) is 7.07. The Kier molecular flexibility index (Phi) is 6.31. The average molecular weight is 493 g/mol. The number of aromatic amines is 1. The first-order valence-corrected chi connectivity index (χ1v) is 12.4. The summed E-state index contributed by atoms with van der Waals surface area (Å²) in [4.78, 5) is 39.9. The zero-order chi connectivity index (χ0) is 25.3. The molecule has 0 bridgehead atoms. The number of aromatic nitrogens is 2. The van der Waals surface area contributed by atoms with E-state index in [1.807, 2.05) is 32.0 Å². The van der Waals surface area contributed by atoms with E-state index in [2.05, 4.69) is 15.0 Å². The second-order valence-corrected chi connectivity index (χ2v) is 9.77. The lowest BCUT2D eigenvalue weighted by Gasteiger charge is -2.13. The number of aryl methyl sites for hydroxylation is 2. The molecule has 0 saturated heterocycles. The molecule has 10 heteroatoms. The van der Waals surface area contributed by atoms with Gasteiger partial charge in [-0.2, -0.15) is 0 Å². The number of anilines is 2. The van der Waals surface area contributed by atoms with Gasteiger partial charge in [0.2, 0.25) is 0 Å². The number of benzene rings is 3. The van der Waals surface area contributed by atoms with Crippen LogP contribution in [0.2, 0.25) is 0 Å². The monoisotopic (exact) mass is 492 g/mol. The van der Waals surface area contributed by atoms with Crippen molar-refractivity contribution in [2.24, 2.45) is 0 Å². The summed E-state index contributed by atoms with van der Waals surface area (Å²) in [6.45, 7) is 5.58. The Hall–Kier alpha value is -4.18. The number of sulfonamides is 1. The molecular weight excluding hydrogens is 468 g/mol. The lowest BCUT2D eigenvalue weighted by atomic mass is 10.1. The Bertz CT molecular complexity index is 1650. The summed E-state index contributed by atoms with van der Waals surface area (Å²) in [6.07, 6.45) is 0. The summed E-state index contributed by atoms with van der Waals surface area (Å²) in [6, 6.07) is 15.7. The number of rotatable bonds is 6. The minimum atomic E-state index is -3.82. The van der Waals surface area contributed by atoms with Gasteiger partial charge >= 0.3 is 5.69 Å². The molecule has 0 spiro atoms. The molecule has 0 aliphatic rings. The first-order chi connectivity index (χ1) is 16.6. The molecule has 1 aromatic heterocycles. The average Bonchev–Trinajstić information content (AvgIpc) is 2.82. The molecule has 0 unspecified atom stereocenters. The molecular formula is C25H24N4O5S. The van der Waals surface area contributed by atoms with Crippen molar-refractivity contribution in [2.45, 2.75) is 32.2 Å². The first-order valence-electron chi connectivity index (χ1n) is 10.9. The molecule has 3 aromatic carbocycles. The van der Waals surface area contributed by atoms with Crippen LogP contribution in [-0.2, 0) is 16.6 Å². The number of H-pyrrole nitrogens is 1. The molecule has 0 aliphatic carbocycles. The van der Waals surface area contributed by atoms with Crippen LogP contribution in [0.4, 0.5) is 11.4 Å². The second kappa shape index (κ2) is 9.22. The van der Waals surface area contributed by atoms with Crippen molar-refractivity contribution in [3.63, 3.8) is 0 Å². The molecule has 35 heavy (non-hydrogen) atoms. The number of nitrogens with one attached hydrogen (secondary N) is 3. The maximum Gasteiger partial charge on any atom is 0.328 e. The van der Waals surface area contributed by atoms with Gasteiger partial charge in [-0.1, -0.05) is 18.2 Å². The summed E-state index contributed by atoms with van der Waals surface area (Å²) in [5, 5.41) is 2.99. The molecule has 4 aromatic rings. The minimum Gasteiger partial charge on any atom is -0.322 e. The van der Waals surface area contributed by atoms with E-state index in [0.29, 0.717) is 16.8 Å². The van der Waals surface area contributed by atoms with Crippen molar-refractivity contribution in [3.05, 3.63) is 98.2 Å². The molecule has 1 heterocycles. The van der Waals surface area contributed by atoms with E-state index in [1.165, 1.54) is 42.5 Å². The van der Waals surface area contributed by atoms with E-state index in [-0.39, 0.29) is 22.5 Å². The molecule has 180 valence electrons. The minimum absolute atomic E-state index is 0.0497. The van der Waals surface area contributed by atoms with E-state index < -0.39 is 27.2 Å². The fraction of sp³-hybridized carbons (Fsp3) is 0.160. The topological polar surface area (TPSA) is 130 Å². The van der Waals surface area contributed by atoms with Crippen molar-refractivity contribution in [2.75, 3.05) is 10.0 Å². The van der Waals surface area contributed by atoms with Crippen LogP contribution >= 0.6 is 0 Å². The van der Waals surface area contributed by atoms with Crippen molar-refractivity contribution >= 4 is 38.2 Å². The van der Waals surface area contributed by atoms with Gasteiger partial charge in [-0.25, -0.2) is 13.2 Å². The maximum atomic E-state index is 12.8. The zero-order valence-corrected chi connectivity index (χ0v) is 20.2. The van der Waals surface area contributed by atoms with Crippen molar-refractivity contribution < 1.29 is 13.2 Å². The normalized spacial score (nSPS) is 11.4. The predicted molar refractivity (Wildman–Crippen MR) is 136 cm³/mol. The van der Waals surface area contributed by atoms with E-state index >= 15 is 0 Å². The van der Waals surface area contributed by atoms with Gasteiger partial charge in [0.25, 0.3) is 21.5 Å². The Morgan fingerprint density at radius 3 is 2.26 bits per heavy atom. The molecule has 9 nitrogen and oxygen atoms in total. The van der Waals surface area contributed by atoms with Crippen LogP contribution in [0.3, 0.4) is 0 Å². The first kappa shape index (κ1) is 24.0. The molecule has 0 radical (unpaired) electrons. The fourth-order valence-corrected chi connectivity index (χ4v) is 4.98. The maximum absolute atomic E-state index is 12.8. The lowest BCUT2D eigenvalue weighted by Crippen LogP contribution is -2.34. The Balaban J connectivity index is 1.54. The number of fused-ring (bicyclic) bond motifs is 1. The summed E-state index contributed by atoms with van der Waals surface area (Å²) >= 11 is 0. The molecule has 3 N–H and O–H groups in total. The SMILES string of the molecule is CCn1c(=O)[nH]c2cc(C(=O)Nc3ccc(S(=O)(=O)Nc4c(C)cccc4C)cc3)ccc2c1=O. The number of hydrogen-bond acceptors (Lipinski definition) is 5. The number of carbonyl (C=O) groups excluding carboxylic acids is 1. The Labute approximate surface area is 201 Å². The van der Waals surface area contributed by atoms with Gasteiger partial charge in [0.05, 0.1) is 21.5 Å². The highest BCUT2D eigenvalue weighted by Crippen LogP contribution is 2.24. The number of hydrogen-bond donors (Lipinski definition) is 3. The second-order valence-electron chi connectivity index (χ2n) is 8.09. The van der Waals surface area contributed by atoms with Crippen LogP contribution in [0.25, 0.3) is 10.9 Å². The van der Waals surface area contributed by atoms with Crippen molar-refractivity contribution in [1.29, 1.82) is 0 Å². The zero-order valence-electron chi connectivity index (χ0n) is 19.4. The Morgan fingerprint density at radius 1 is 0.971 bits per heavy atom. The van der Waals surface area contributed by atoms with Crippen LogP contribution in [-0.4, -0.2) is 23.9 Å². The van der Waals surface area contributed by atoms with Gasteiger partial charge in [-0.3, -0.25) is 18.9 Å². The van der Waals surface area contributed by atoms with Gasteiger partial charge in [-0.15, -0.1) is 0 Å². The van der Waals surface area contributed by atoms with Crippen molar-refractivity contribution in [3.8, 4) is 0 Å². The standard InChI is InChI=1S/C25H24N4O5S/c1-4-29-24(31)20-13-8-17(14-21(20)27-25(29)32)23(30)26-18-9-11-19(12-10-18)35(33,34)28-22-15(2)6-5-7-16(22)3/h5-14,28H,4H2,1-3H3,(H,26,30)(H,27,32). The van der Waals surface area contributed by atoms with E-state index in [0.717, 1.165) is 15.7 Å². The lowest BCUT2D eigenvalue weighted by molar-refractivity contribution is 0.102. The molecule has 0 saturated carbocycles. The Morgan fingerprint density at radius 2 is 1.63 bits per heavy atom. The van der Waals surface area contributed by atoms with Gasteiger partial charge in [0, 0.05) is 17.8 Å². The highest BCUT2D eigenvalue weighted by atomic mass is 32.2. The summed E-state index contributed by atoms with van der Waals surface area (Å²) in [5.41, 5.74) is 2.05. The van der Waals surface area contributed by atoms with E-state index in [1.54, 1.807) is 6.92 Å². The number of nitrogens with zero attached hydrogens (tertiary/aromatic N) is 1. The van der Waals surface area contributed by atoms with Crippen LogP contribution < -0.4 is 21.3 Å². The fourth-order valence-electron chi connectivity index (χ4n) is 3.77. The number of para-hydroxylation sites is 1. The predicted octanol–water partition coefficient (Wildman–Crippen LogP) is 3.38. The number of amides is 1. The molecule has 4 rings (SSSR count). The largest absolute Gasteiger partial charge is 0.328 e. The smallest absolute Gasteiger partial charge is 0.322 e. The van der Waals surface area contributed by atoms with Gasteiger partial charge in [-0.05, 0) is 74.4 Å². The van der Waals surface area contributed by atoms with Crippen LogP contribution in [0.1, 0.15) is 28.4 Å².